The third kappa shape index (κ3) is 2.25. The molecule has 1 nitrogen and oxygen atoms in total. The summed E-state index contributed by atoms with van der Waals surface area (Å²) in [5.41, 5.74) is 6.77. The van der Waals surface area contributed by atoms with Crippen molar-refractivity contribution in [2.24, 2.45) is 0 Å². The second-order valence-electron chi connectivity index (χ2n) is 7.67. The Hall–Kier alpha value is -1.31. The minimum Gasteiger partial charge on any atom is -0.303 e. The van der Waals surface area contributed by atoms with E-state index in [-0.39, 0.29) is 12.4 Å². The summed E-state index contributed by atoms with van der Waals surface area (Å²) in [4.78, 5) is 2.66. The van der Waals surface area contributed by atoms with Crippen molar-refractivity contribution in [3.63, 3.8) is 0 Å². The molecule has 1 heterocycles. The summed E-state index contributed by atoms with van der Waals surface area (Å²) in [6.07, 6.45) is 6.76. The van der Waals surface area contributed by atoms with Gasteiger partial charge < -0.3 is 4.90 Å². The van der Waals surface area contributed by atoms with Crippen molar-refractivity contribution in [1.82, 2.24) is 4.90 Å². The van der Waals surface area contributed by atoms with Crippen LogP contribution in [0, 0.1) is 0 Å². The first kappa shape index (κ1) is 16.2. The van der Waals surface area contributed by atoms with Crippen molar-refractivity contribution >= 4 is 12.4 Å². The molecule has 0 amide bonds. The van der Waals surface area contributed by atoms with Gasteiger partial charge in [0.15, 0.2) is 0 Å². The van der Waals surface area contributed by atoms with E-state index in [1.54, 1.807) is 22.3 Å². The molecular weight excluding hydrogens is 314 g/mol. The maximum absolute atomic E-state index is 2.66. The monoisotopic (exact) mass is 339 g/mol. The Labute approximate surface area is 151 Å². The van der Waals surface area contributed by atoms with Crippen molar-refractivity contribution in [3.8, 4) is 0 Å². The highest BCUT2D eigenvalue weighted by Crippen LogP contribution is 2.61. The molecule has 0 atom stereocenters. The standard InChI is InChI=1S/C22H25N.ClH/c1-3-10-20-17(8-1)19-16-22(20,21-11-4-2-9-18(19)21)12-7-15-23-13-5-6-14-23;/h1-4,8-11,19H,5-7,12-16H2;1H. The van der Waals surface area contributed by atoms with E-state index in [9.17, 15) is 0 Å². The molecule has 0 N–H and O–H groups in total. The maximum atomic E-state index is 2.66. The van der Waals surface area contributed by atoms with Crippen LogP contribution in [0.4, 0.5) is 0 Å². The molecule has 1 saturated heterocycles. The zero-order chi connectivity index (χ0) is 15.3. The van der Waals surface area contributed by atoms with Crippen LogP contribution >= 0.6 is 12.4 Å². The summed E-state index contributed by atoms with van der Waals surface area (Å²) in [5, 5.41) is 0. The summed E-state index contributed by atoms with van der Waals surface area (Å²) in [5.74, 6) is 0.647. The van der Waals surface area contributed by atoms with E-state index in [0.29, 0.717) is 11.3 Å². The van der Waals surface area contributed by atoms with E-state index in [4.69, 9.17) is 0 Å². The number of benzene rings is 2. The number of hydrogen-bond donors (Lipinski definition) is 0. The minimum atomic E-state index is 0. The molecule has 0 unspecified atom stereocenters. The van der Waals surface area contributed by atoms with Crippen molar-refractivity contribution in [2.75, 3.05) is 19.6 Å². The molecule has 3 aliphatic rings. The quantitative estimate of drug-likeness (QED) is 0.747. The lowest BCUT2D eigenvalue weighted by Gasteiger charge is -2.32. The number of likely N-dealkylation sites (tertiary alicyclic amines) is 1. The van der Waals surface area contributed by atoms with Crippen molar-refractivity contribution in [2.45, 2.75) is 43.4 Å². The van der Waals surface area contributed by atoms with Gasteiger partial charge in [0.25, 0.3) is 0 Å². The summed E-state index contributed by atoms with van der Waals surface area (Å²) in [7, 11) is 0. The van der Waals surface area contributed by atoms with Gasteiger partial charge >= 0.3 is 0 Å². The van der Waals surface area contributed by atoms with E-state index in [2.05, 4.69) is 53.4 Å². The average molecular weight is 340 g/mol. The first-order chi connectivity index (χ1) is 11.4. The predicted molar refractivity (Wildman–Crippen MR) is 102 cm³/mol. The van der Waals surface area contributed by atoms with Gasteiger partial charge in [0.05, 0.1) is 0 Å². The molecule has 1 aliphatic heterocycles. The Morgan fingerprint density at radius 2 is 1.46 bits per heavy atom. The normalized spacial score (nSPS) is 26.9. The molecular formula is C22H26ClN. The van der Waals surface area contributed by atoms with Crippen LogP contribution in [0.15, 0.2) is 48.5 Å². The first-order valence-electron chi connectivity index (χ1n) is 9.30. The third-order valence-electron chi connectivity index (χ3n) is 6.53. The molecule has 2 aromatic rings. The lowest BCUT2D eigenvalue weighted by atomic mass is 9.72. The van der Waals surface area contributed by atoms with E-state index in [0.717, 1.165) is 0 Å². The maximum Gasteiger partial charge on any atom is 0.0218 e. The molecule has 0 aromatic heterocycles. The molecule has 1 fully saturated rings. The number of rotatable bonds is 4. The van der Waals surface area contributed by atoms with Gasteiger partial charge in [-0.1, -0.05) is 48.5 Å². The fourth-order valence-corrected chi connectivity index (χ4v) is 5.56. The van der Waals surface area contributed by atoms with E-state index >= 15 is 0 Å². The molecule has 0 spiro atoms. The molecule has 0 saturated carbocycles. The highest BCUT2D eigenvalue weighted by atomic mass is 35.5. The number of fused-ring (bicyclic) bond motifs is 8. The van der Waals surface area contributed by atoms with Crippen molar-refractivity contribution in [1.29, 1.82) is 0 Å². The third-order valence-corrected chi connectivity index (χ3v) is 6.53. The largest absolute Gasteiger partial charge is 0.303 e. The summed E-state index contributed by atoms with van der Waals surface area (Å²) >= 11 is 0. The highest BCUT2D eigenvalue weighted by Gasteiger charge is 2.51. The SMILES string of the molecule is Cl.c1ccc2c(c1)C1CC2(CCCN2CCCC2)c2ccccc21. The lowest BCUT2D eigenvalue weighted by molar-refractivity contribution is 0.314. The van der Waals surface area contributed by atoms with Crippen LogP contribution in [0.25, 0.3) is 0 Å². The van der Waals surface area contributed by atoms with Gasteiger partial charge in [0.1, 0.15) is 0 Å². The van der Waals surface area contributed by atoms with Crippen molar-refractivity contribution in [3.05, 3.63) is 70.8 Å². The topological polar surface area (TPSA) is 3.24 Å². The second-order valence-corrected chi connectivity index (χ2v) is 7.67. The van der Waals surface area contributed by atoms with Gasteiger partial charge in [-0.3, -0.25) is 0 Å². The lowest BCUT2D eigenvalue weighted by Crippen LogP contribution is -2.27. The average Bonchev–Trinajstić information content (AvgIpc) is 3.29. The number of nitrogens with zero attached hydrogens (tertiary/aromatic N) is 1. The molecule has 2 aliphatic carbocycles. The van der Waals surface area contributed by atoms with Crippen LogP contribution < -0.4 is 0 Å². The fraction of sp³-hybridized carbons (Fsp3) is 0.455. The Morgan fingerprint density at radius 1 is 0.875 bits per heavy atom. The molecule has 126 valence electrons. The number of halogens is 1. The van der Waals surface area contributed by atoms with Crippen LogP contribution in [-0.2, 0) is 5.41 Å². The second kappa shape index (κ2) is 6.20. The summed E-state index contributed by atoms with van der Waals surface area (Å²) in [6, 6.07) is 18.5. The van der Waals surface area contributed by atoms with Gasteiger partial charge in [0, 0.05) is 11.3 Å². The van der Waals surface area contributed by atoms with E-state index in [1.807, 2.05) is 0 Å². The molecule has 2 aromatic carbocycles. The van der Waals surface area contributed by atoms with Gasteiger partial charge in [-0.05, 0) is 74.0 Å². The molecule has 0 radical (unpaired) electrons. The Balaban J connectivity index is 0.00000146. The van der Waals surface area contributed by atoms with Gasteiger partial charge in [0.2, 0.25) is 0 Å². The Morgan fingerprint density at radius 3 is 2.08 bits per heavy atom. The van der Waals surface area contributed by atoms with Crippen LogP contribution in [0.1, 0.15) is 60.3 Å². The van der Waals surface area contributed by atoms with E-state index < -0.39 is 0 Å². The summed E-state index contributed by atoms with van der Waals surface area (Å²) in [6.45, 7) is 3.93. The van der Waals surface area contributed by atoms with Crippen molar-refractivity contribution < 1.29 is 0 Å². The molecule has 2 heteroatoms. The predicted octanol–water partition coefficient (Wildman–Crippen LogP) is 5.12. The van der Waals surface area contributed by atoms with Crippen LogP contribution in [0.2, 0.25) is 0 Å². The zero-order valence-corrected chi connectivity index (χ0v) is 15.0. The smallest absolute Gasteiger partial charge is 0.0218 e. The first-order valence-corrected chi connectivity index (χ1v) is 9.30. The number of hydrogen-bond acceptors (Lipinski definition) is 1. The van der Waals surface area contributed by atoms with Gasteiger partial charge in [-0.25, -0.2) is 0 Å². The zero-order valence-electron chi connectivity index (χ0n) is 14.2. The molecule has 24 heavy (non-hydrogen) atoms. The van der Waals surface area contributed by atoms with Crippen LogP contribution in [-0.4, -0.2) is 24.5 Å². The van der Waals surface area contributed by atoms with Gasteiger partial charge in [-0.15, -0.1) is 12.4 Å². The Bertz CT molecular complexity index is 685. The highest BCUT2D eigenvalue weighted by molar-refractivity contribution is 5.85. The van der Waals surface area contributed by atoms with Crippen LogP contribution in [0.3, 0.4) is 0 Å². The molecule has 2 bridgehead atoms. The molecule has 5 rings (SSSR count). The van der Waals surface area contributed by atoms with E-state index in [1.165, 1.54) is 51.7 Å². The Kier molecular flexibility index (Phi) is 4.18. The fourth-order valence-electron chi connectivity index (χ4n) is 5.56. The minimum absolute atomic E-state index is 0. The van der Waals surface area contributed by atoms with Gasteiger partial charge in [-0.2, -0.15) is 0 Å². The summed E-state index contributed by atoms with van der Waals surface area (Å²) < 4.78 is 0. The van der Waals surface area contributed by atoms with Crippen LogP contribution in [0.5, 0.6) is 0 Å².